The summed E-state index contributed by atoms with van der Waals surface area (Å²) in [6.07, 6.45) is 0.837. The van der Waals surface area contributed by atoms with Crippen molar-refractivity contribution < 1.29 is 24.6 Å². The molecule has 2 aromatic rings. The van der Waals surface area contributed by atoms with Crippen LogP contribution in [0.4, 0.5) is 0 Å². The maximum Gasteiger partial charge on any atom is 0.254 e. The van der Waals surface area contributed by atoms with Gasteiger partial charge >= 0.3 is 0 Å². The molecule has 37 heavy (non-hydrogen) atoms. The fourth-order valence-electron chi connectivity index (χ4n) is 4.64. The van der Waals surface area contributed by atoms with Gasteiger partial charge in [0, 0.05) is 22.4 Å². The lowest BCUT2D eigenvalue weighted by Crippen LogP contribution is -2.58. The smallest absolute Gasteiger partial charge is 0.254 e. The minimum Gasteiger partial charge on any atom is -0.508 e. The molecular weight excluding hydrogens is 490 g/mol. The van der Waals surface area contributed by atoms with Crippen LogP contribution in [0.3, 0.4) is 0 Å². The highest BCUT2D eigenvalue weighted by Gasteiger charge is 2.50. The second kappa shape index (κ2) is 11.1. The number of amides is 3. The Kier molecular flexibility index (Phi) is 8.14. The van der Waals surface area contributed by atoms with Crippen molar-refractivity contribution >= 4 is 29.5 Å². The highest BCUT2D eigenvalue weighted by Crippen LogP contribution is 2.40. The zero-order valence-electron chi connectivity index (χ0n) is 21.4. The summed E-state index contributed by atoms with van der Waals surface area (Å²) < 4.78 is -0.528. The van der Waals surface area contributed by atoms with Crippen molar-refractivity contribution in [3.8, 4) is 5.75 Å². The molecule has 0 radical (unpaired) electrons. The lowest BCUT2D eigenvalue weighted by atomic mass is 9.96. The van der Waals surface area contributed by atoms with Crippen LogP contribution >= 0.6 is 11.8 Å². The first-order chi connectivity index (χ1) is 17.6. The number of nitrogens with one attached hydrogen (secondary N) is 2. The summed E-state index contributed by atoms with van der Waals surface area (Å²) in [5.41, 5.74) is 1.50. The van der Waals surface area contributed by atoms with Crippen LogP contribution in [0.2, 0.25) is 0 Å². The number of rotatable bonds is 9. The van der Waals surface area contributed by atoms with E-state index in [9.17, 15) is 24.6 Å². The fourth-order valence-corrected chi connectivity index (χ4v) is 5.78. The van der Waals surface area contributed by atoms with Gasteiger partial charge in [-0.15, -0.1) is 11.8 Å². The number of hydrogen-bond acceptors (Lipinski definition) is 6. The third-order valence-electron chi connectivity index (χ3n) is 7.14. The van der Waals surface area contributed by atoms with E-state index < -0.39 is 34.7 Å². The molecule has 1 saturated carbocycles. The van der Waals surface area contributed by atoms with Crippen molar-refractivity contribution in [3.63, 3.8) is 0 Å². The summed E-state index contributed by atoms with van der Waals surface area (Å²) >= 11 is 1.49. The lowest BCUT2D eigenvalue weighted by Gasteiger charge is -2.33. The van der Waals surface area contributed by atoms with Crippen LogP contribution < -0.4 is 10.6 Å². The zero-order valence-corrected chi connectivity index (χ0v) is 22.3. The Balaban J connectivity index is 1.56. The number of aliphatic hydroxyl groups is 1. The highest BCUT2D eigenvalue weighted by molar-refractivity contribution is 8.00. The van der Waals surface area contributed by atoms with E-state index in [-0.39, 0.29) is 29.5 Å². The van der Waals surface area contributed by atoms with Gasteiger partial charge in [-0.05, 0) is 63.6 Å². The van der Waals surface area contributed by atoms with Crippen molar-refractivity contribution in [3.05, 3.63) is 65.2 Å². The molecule has 0 bridgehead atoms. The second-order valence-electron chi connectivity index (χ2n) is 10.4. The topological polar surface area (TPSA) is 119 Å². The number of aromatic hydroxyl groups is 1. The molecular formula is C28H35N3O5S. The van der Waals surface area contributed by atoms with Gasteiger partial charge in [-0.1, -0.05) is 36.4 Å². The normalized spacial score (nSPS) is 20.2. The fraction of sp³-hybridized carbons (Fsp3) is 0.464. The minimum absolute atomic E-state index is 0.0136. The third-order valence-corrected chi connectivity index (χ3v) is 8.51. The summed E-state index contributed by atoms with van der Waals surface area (Å²) in [6, 6.07) is 12.2. The van der Waals surface area contributed by atoms with Crippen LogP contribution in [-0.2, 0) is 16.0 Å². The molecule has 3 amide bonds. The predicted octanol–water partition coefficient (Wildman–Crippen LogP) is 2.61. The maximum atomic E-state index is 13.7. The van der Waals surface area contributed by atoms with Crippen LogP contribution in [0, 0.1) is 12.8 Å². The largest absolute Gasteiger partial charge is 0.508 e. The van der Waals surface area contributed by atoms with Gasteiger partial charge in [0.15, 0.2) is 6.10 Å². The Hall–Kier alpha value is -3.04. The Bertz CT molecular complexity index is 1150. The lowest BCUT2D eigenvalue weighted by molar-refractivity contribution is -0.147. The average Bonchev–Trinajstić information content (AvgIpc) is 3.65. The summed E-state index contributed by atoms with van der Waals surface area (Å²) in [4.78, 5) is 41.4. The van der Waals surface area contributed by atoms with Gasteiger partial charge in [0.2, 0.25) is 5.91 Å². The highest BCUT2D eigenvalue weighted by atomic mass is 32.2. The number of phenols is 1. The molecule has 0 spiro atoms. The Morgan fingerprint density at radius 3 is 2.49 bits per heavy atom. The maximum absolute atomic E-state index is 13.7. The number of phenolic OH excluding ortho intramolecular Hbond substituents is 1. The van der Waals surface area contributed by atoms with Gasteiger partial charge in [0.1, 0.15) is 11.8 Å². The van der Waals surface area contributed by atoms with E-state index in [0.29, 0.717) is 18.0 Å². The first kappa shape index (κ1) is 27.0. The Labute approximate surface area is 221 Å². The van der Waals surface area contributed by atoms with E-state index in [4.69, 9.17) is 0 Å². The number of carbonyl (C=O) groups is 3. The molecule has 1 aliphatic heterocycles. The molecule has 198 valence electrons. The Morgan fingerprint density at radius 2 is 1.81 bits per heavy atom. The molecule has 1 aliphatic carbocycles. The van der Waals surface area contributed by atoms with Gasteiger partial charge in [-0.3, -0.25) is 14.4 Å². The van der Waals surface area contributed by atoms with Crippen molar-refractivity contribution in [2.45, 2.75) is 63.0 Å². The molecule has 4 N–H and O–H groups in total. The number of hydrogen-bond donors (Lipinski definition) is 4. The van der Waals surface area contributed by atoms with Crippen LogP contribution in [0.25, 0.3) is 0 Å². The summed E-state index contributed by atoms with van der Waals surface area (Å²) in [6.45, 7) is 6.07. The SMILES string of the molecule is Cc1c(O)cccc1C(=O)NC(Cc1ccccc1)C(O)C(=O)N1CSC(C)(C)C1C(=O)NCC1CC1. The first-order valence-corrected chi connectivity index (χ1v) is 13.6. The number of benzene rings is 2. The molecule has 1 saturated heterocycles. The van der Waals surface area contributed by atoms with Crippen LogP contribution in [0.1, 0.15) is 48.2 Å². The molecule has 2 aliphatic rings. The number of thioether (sulfide) groups is 1. The van der Waals surface area contributed by atoms with E-state index in [2.05, 4.69) is 10.6 Å². The van der Waals surface area contributed by atoms with Crippen molar-refractivity contribution in [1.29, 1.82) is 0 Å². The molecule has 3 unspecified atom stereocenters. The zero-order chi connectivity index (χ0) is 26.7. The molecule has 4 rings (SSSR count). The molecule has 2 aromatic carbocycles. The summed E-state index contributed by atoms with van der Waals surface area (Å²) in [5, 5.41) is 27.2. The van der Waals surface area contributed by atoms with E-state index in [1.54, 1.807) is 19.1 Å². The van der Waals surface area contributed by atoms with Gasteiger partial charge in [-0.25, -0.2) is 0 Å². The van der Waals surface area contributed by atoms with E-state index in [1.807, 2.05) is 44.2 Å². The van der Waals surface area contributed by atoms with Crippen molar-refractivity contribution in [2.24, 2.45) is 5.92 Å². The van der Waals surface area contributed by atoms with Gasteiger partial charge in [-0.2, -0.15) is 0 Å². The molecule has 0 aromatic heterocycles. The van der Waals surface area contributed by atoms with E-state index in [1.165, 1.54) is 22.7 Å². The third kappa shape index (κ3) is 6.27. The van der Waals surface area contributed by atoms with Gasteiger partial charge < -0.3 is 25.7 Å². The predicted molar refractivity (Wildman–Crippen MR) is 143 cm³/mol. The first-order valence-electron chi connectivity index (χ1n) is 12.6. The average molecular weight is 526 g/mol. The van der Waals surface area contributed by atoms with E-state index in [0.717, 1.165) is 18.4 Å². The van der Waals surface area contributed by atoms with Gasteiger partial charge in [0.25, 0.3) is 11.8 Å². The van der Waals surface area contributed by atoms with Crippen molar-refractivity contribution in [2.75, 3.05) is 12.4 Å². The van der Waals surface area contributed by atoms with Crippen LogP contribution in [0.15, 0.2) is 48.5 Å². The second-order valence-corrected chi connectivity index (χ2v) is 12.0. The molecule has 8 nitrogen and oxygen atoms in total. The quantitative estimate of drug-likeness (QED) is 0.400. The monoisotopic (exact) mass is 525 g/mol. The number of carbonyl (C=O) groups excluding carboxylic acids is 3. The summed E-state index contributed by atoms with van der Waals surface area (Å²) in [7, 11) is 0. The van der Waals surface area contributed by atoms with Crippen LogP contribution in [0.5, 0.6) is 5.75 Å². The van der Waals surface area contributed by atoms with E-state index >= 15 is 0 Å². The van der Waals surface area contributed by atoms with Gasteiger partial charge in [0.05, 0.1) is 11.9 Å². The van der Waals surface area contributed by atoms with Crippen LogP contribution in [-0.4, -0.2) is 68.2 Å². The Morgan fingerprint density at radius 1 is 1.11 bits per heavy atom. The number of aliphatic hydroxyl groups excluding tert-OH is 1. The van der Waals surface area contributed by atoms with Crippen molar-refractivity contribution in [1.82, 2.24) is 15.5 Å². The number of nitrogens with zero attached hydrogens (tertiary/aromatic N) is 1. The molecule has 2 fully saturated rings. The molecule has 9 heteroatoms. The molecule has 1 heterocycles. The standard InChI is InChI=1S/C28H35N3O5S/c1-17-20(10-7-11-22(17)32)25(34)30-21(14-18-8-5-4-6-9-18)23(33)27(36)31-16-37-28(2,3)24(31)26(35)29-15-19-12-13-19/h4-11,19,21,23-24,32-33H,12-16H2,1-3H3,(H,29,35)(H,30,34). The minimum atomic E-state index is -1.57. The summed E-state index contributed by atoms with van der Waals surface area (Å²) in [5.74, 6) is -0.569. The molecule has 3 atom stereocenters.